The Labute approximate surface area is 108 Å². The molecule has 1 fully saturated rings. The molecule has 0 amide bonds. The number of hydrogen-bond donors (Lipinski definition) is 1. The van der Waals surface area contributed by atoms with E-state index in [0.717, 1.165) is 25.5 Å². The number of ether oxygens (including phenoxy) is 2. The van der Waals surface area contributed by atoms with Gasteiger partial charge in [0, 0.05) is 19.8 Å². The topological polar surface area (TPSA) is 30.5 Å². The Morgan fingerprint density at radius 2 is 2.28 bits per heavy atom. The van der Waals surface area contributed by atoms with Crippen molar-refractivity contribution in [2.75, 3.05) is 32.2 Å². The Morgan fingerprint density at radius 3 is 3.06 bits per heavy atom. The first-order valence-electron chi connectivity index (χ1n) is 6.88. The van der Waals surface area contributed by atoms with Crippen molar-refractivity contribution in [2.45, 2.75) is 25.2 Å². The summed E-state index contributed by atoms with van der Waals surface area (Å²) in [5.74, 6) is 2.26. The van der Waals surface area contributed by atoms with Crippen molar-refractivity contribution >= 4 is 5.69 Å². The highest BCUT2D eigenvalue weighted by Gasteiger charge is 2.30. The maximum absolute atomic E-state index is 5.66. The van der Waals surface area contributed by atoms with Gasteiger partial charge >= 0.3 is 0 Å². The van der Waals surface area contributed by atoms with Crippen LogP contribution in [0.5, 0.6) is 5.75 Å². The first-order valence-corrected chi connectivity index (χ1v) is 6.88. The molecule has 2 aliphatic heterocycles. The van der Waals surface area contributed by atoms with E-state index in [2.05, 4.69) is 17.4 Å². The minimum Gasteiger partial charge on any atom is -0.495 e. The van der Waals surface area contributed by atoms with E-state index in [4.69, 9.17) is 9.47 Å². The molecule has 0 radical (unpaired) electrons. The monoisotopic (exact) mass is 247 g/mol. The highest BCUT2D eigenvalue weighted by molar-refractivity contribution is 5.64. The first kappa shape index (κ1) is 11.8. The van der Waals surface area contributed by atoms with E-state index >= 15 is 0 Å². The molecule has 2 heterocycles. The van der Waals surface area contributed by atoms with Crippen molar-refractivity contribution in [1.82, 2.24) is 0 Å². The van der Waals surface area contributed by atoms with E-state index in [9.17, 15) is 0 Å². The highest BCUT2D eigenvalue weighted by atomic mass is 16.5. The van der Waals surface area contributed by atoms with Crippen LogP contribution >= 0.6 is 0 Å². The van der Waals surface area contributed by atoms with Gasteiger partial charge in [-0.25, -0.2) is 0 Å². The Balaban J connectivity index is 1.91. The minimum atomic E-state index is 0.622. The molecule has 3 rings (SSSR count). The second kappa shape index (κ2) is 5.19. The zero-order valence-corrected chi connectivity index (χ0v) is 10.9. The minimum absolute atomic E-state index is 0.622. The zero-order chi connectivity index (χ0) is 12.4. The molecule has 0 aliphatic carbocycles. The van der Waals surface area contributed by atoms with Gasteiger partial charge in [0.2, 0.25) is 0 Å². The van der Waals surface area contributed by atoms with Gasteiger partial charge in [-0.1, -0.05) is 12.1 Å². The molecule has 18 heavy (non-hydrogen) atoms. The summed E-state index contributed by atoms with van der Waals surface area (Å²) in [4.78, 5) is 0. The molecule has 0 saturated carbocycles. The van der Waals surface area contributed by atoms with Crippen molar-refractivity contribution < 1.29 is 9.47 Å². The van der Waals surface area contributed by atoms with Crippen molar-refractivity contribution in [3.05, 3.63) is 23.8 Å². The van der Waals surface area contributed by atoms with Gasteiger partial charge in [-0.3, -0.25) is 0 Å². The van der Waals surface area contributed by atoms with E-state index in [1.807, 2.05) is 6.07 Å². The molecular weight excluding hydrogens is 226 g/mol. The average molecular weight is 247 g/mol. The molecule has 2 aliphatic rings. The van der Waals surface area contributed by atoms with Gasteiger partial charge in [-0.05, 0) is 42.7 Å². The van der Waals surface area contributed by atoms with Crippen LogP contribution in [0.25, 0.3) is 0 Å². The predicted molar refractivity (Wildman–Crippen MR) is 72.4 cm³/mol. The number of methoxy groups -OCH3 is 1. The maximum Gasteiger partial charge on any atom is 0.142 e. The van der Waals surface area contributed by atoms with Gasteiger partial charge in [0.15, 0.2) is 0 Å². The summed E-state index contributed by atoms with van der Waals surface area (Å²) in [6, 6.07) is 6.37. The number of hydrogen-bond acceptors (Lipinski definition) is 3. The second-order valence-corrected chi connectivity index (χ2v) is 5.22. The van der Waals surface area contributed by atoms with E-state index in [0.29, 0.717) is 11.8 Å². The van der Waals surface area contributed by atoms with E-state index in [1.165, 1.54) is 30.5 Å². The lowest BCUT2D eigenvalue weighted by atomic mass is 9.78. The molecule has 98 valence electrons. The third kappa shape index (κ3) is 2.07. The van der Waals surface area contributed by atoms with Gasteiger partial charge in [0.05, 0.1) is 12.8 Å². The lowest BCUT2D eigenvalue weighted by molar-refractivity contribution is 0.0428. The standard InChI is InChI=1S/C15H21NO2/c1-17-14-6-2-5-13-12(7-8-16-15(13)14)11-4-3-9-18-10-11/h2,5-6,11-12,16H,3-4,7-10H2,1H3. The van der Waals surface area contributed by atoms with Crippen molar-refractivity contribution in [3.8, 4) is 5.75 Å². The first-order chi connectivity index (χ1) is 8.90. The van der Waals surface area contributed by atoms with Crippen LogP contribution < -0.4 is 10.1 Å². The number of benzene rings is 1. The molecule has 3 nitrogen and oxygen atoms in total. The van der Waals surface area contributed by atoms with Gasteiger partial charge in [0.1, 0.15) is 5.75 Å². The fourth-order valence-corrected chi connectivity index (χ4v) is 3.30. The lowest BCUT2D eigenvalue weighted by Crippen LogP contribution is -2.28. The Morgan fingerprint density at radius 1 is 1.33 bits per heavy atom. The summed E-state index contributed by atoms with van der Waals surface area (Å²) in [5, 5.41) is 3.49. The lowest BCUT2D eigenvalue weighted by Gasteiger charge is -2.35. The summed E-state index contributed by atoms with van der Waals surface area (Å²) in [7, 11) is 1.74. The molecular formula is C15H21NO2. The molecule has 1 aromatic rings. The van der Waals surface area contributed by atoms with Crippen LogP contribution in [0.4, 0.5) is 5.69 Å². The third-order valence-corrected chi connectivity index (χ3v) is 4.20. The maximum atomic E-state index is 5.66. The number of anilines is 1. The summed E-state index contributed by atoms with van der Waals surface area (Å²) in [5.41, 5.74) is 2.61. The summed E-state index contributed by atoms with van der Waals surface area (Å²) >= 11 is 0. The van der Waals surface area contributed by atoms with Gasteiger partial charge < -0.3 is 14.8 Å². The largest absolute Gasteiger partial charge is 0.495 e. The van der Waals surface area contributed by atoms with E-state index in [-0.39, 0.29) is 0 Å². The highest BCUT2D eigenvalue weighted by Crippen LogP contribution is 2.43. The van der Waals surface area contributed by atoms with Crippen LogP contribution in [0.15, 0.2) is 18.2 Å². The van der Waals surface area contributed by atoms with Crippen molar-refractivity contribution in [1.29, 1.82) is 0 Å². The molecule has 1 saturated heterocycles. The van der Waals surface area contributed by atoms with Crippen LogP contribution in [-0.4, -0.2) is 26.9 Å². The summed E-state index contributed by atoms with van der Waals surface area (Å²) < 4.78 is 11.1. The molecule has 1 aromatic carbocycles. The molecule has 0 aromatic heterocycles. The average Bonchev–Trinajstić information content (AvgIpc) is 2.47. The normalized spacial score (nSPS) is 27.2. The number of nitrogens with one attached hydrogen (secondary N) is 1. The molecule has 2 atom stereocenters. The Hall–Kier alpha value is -1.22. The Kier molecular flexibility index (Phi) is 3.41. The predicted octanol–water partition coefficient (Wildman–Crippen LogP) is 3.02. The quantitative estimate of drug-likeness (QED) is 0.871. The molecule has 0 spiro atoms. The van der Waals surface area contributed by atoms with Gasteiger partial charge in [-0.15, -0.1) is 0 Å². The number of rotatable bonds is 2. The van der Waals surface area contributed by atoms with E-state index in [1.54, 1.807) is 7.11 Å². The SMILES string of the molecule is COc1cccc2c1NCCC2C1CCCOC1. The third-order valence-electron chi connectivity index (χ3n) is 4.20. The van der Waals surface area contributed by atoms with Crippen LogP contribution in [-0.2, 0) is 4.74 Å². The van der Waals surface area contributed by atoms with Crippen LogP contribution in [0.1, 0.15) is 30.7 Å². The van der Waals surface area contributed by atoms with Gasteiger partial charge in [0.25, 0.3) is 0 Å². The van der Waals surface area contributed by atoms with E-state index < -0.39 is 0 Å². The van der Waals surface area contributed by atoms with Crippen LogP contribution in [0.3, 0.4) is 0 Å². The Bertz CT molecular complexity index is 413. The molecule has 3 heteroatoms. The molecule has 1 N–H and O–H groups in total. The zero-order valence-electron chi connectivity index (χ0n) is 10.9. The molecule has 2 unspecified atom stereocenters. The van der Waals surface area contributed by atoms with Crippen LogP contribution in [0.2, 0.25) is 0 Å². The number of para-hydroxylation sites is 1. The van der Waals surface area contributed by atoms with Crippen molar-refractivity contribution in [2.24, 2.45) is 5.92 Å². The second-order valence-electron chi connectivity index (χ2n) is 5.22. The van der Waals surface area contributed by atoms with Gasteiger partial charge in [-0.2, -0.15) is 0 Å². The molecule has 0 bridgehead atoms. The fourth-order valence-electron chi connectivity index (χ4n) is 3.30. The number of fused-ring (bicyclic) bond motifs is 1. The smallest absolute Gasteiger partial charge is 0.142 e. The fraction of sp³-hybridized carbons (Fsp3) is 0.600. The van der Waals surface area contributed by atoms with Crippen LogP contribution in [0, 0.1) is 5.92 Å². The summed E-state index contributed by atoms with van der Waals surface area (Å²) in [6.45, 7) is 2.89. The summed E-state index contributed by atoms with van der Waals surface area (Å²) in [6.07, 6.45) is 3.70. The van der Waals surface area contributed by atoms with Crippen molar-refractivity contribution in [3.63, 3.8) is 0 Å².